The summed E-state index contributed by atoms with van der Waals surface area (Å²) >= 11 is 12.2. The van der Waals surface area contributed by atoms with Crippen LogP contribution in [0.1, 0.15) is 10.4 Å². The summed E-state index contributed by atoms with van der Waals surface area (Å²) in [6.07, 6.45) is 1.56. The van der Waals surface area contributed by atoms with Crippen molar-refractivity contribution in [1.82, 2.24) is 4.98 Å². The average Bonchev–Trinajstić information content (AvgIpc) is 2.59. The first kappa shape index (κ1) is 16.3. The first-order valence-electron chi connectivity index (χ1n) is 7.17. The maximum atomic E-state index is 12.4. The van der Waals surface area contributed by atoms with Crippen LogP contribution in [0.5, 0.6) is 0 Å². The third-order valence-corrected chi connectivity index (χ3v) is 3.90. The standard InChI is InChI=1S/C18H13Cl2N3O/c19-14-7-4-8-15(20)17(14)23-18(24)12-9-10-21-16(11-12)22-13-5-2-1-3-6-13/h1-11H,(H,21,22)(H,23,24). The zero-order valence-electron chi connectivity index (χ0n) is 12.5. The van der Waals surface area contributed by atoms with Crippen molar-refractivity contribution in [3.63, 3.8) is 0 Å². The minimum absolute atomic E-state index is 0.316. The number of para-hydroxylation sites is 2. The lowest BCUT2D eigenvalue weighted by Crippen LogP contribution is -2.13. The van der Waals surface area contributed by atoms with Crippen LogP contribution in [0, 0.1) is 0 Å². The molecule has 1 amide bonds. The molecular weight excluding hydrogens is 345 g/mol. The van der Waals surface area contributed by atoms with E-state index in [1.807, 2.05) is 30.3 Å². The van der Waals surface area contributed by atoms with Crippen molar-refractivity contribution >= 4 is 46.3 Å². The lowest BCUT2D eigenvalue weighted by atomic mass is 10.2. The summed E-state index contributed by atoms with van der Waals surface area (Å²) in [6.45, 7) is 0. The minimum Gasteiger partial charge on any atom is -0.340 e. The molecule has 6 heteroatoms. The maximum absolute atomic E-state index is 12.4. The molecule has 0 unspecified atom stereocenters. The number of hydrogen-bond acceptors (Lipinski definition) is 3. The van der Waals surface area contributed by atoms with Gasteiger partial charge in [0.15, 0.2) is 0 Å². The van der Waals surface area contributed by atoms with Gasteiger partial charge in [0, 0.05) is 17.4 Å². The monoisotopic (exact) mass is 357 g/mol. The number of nitrogens with one attached hydrogen (secondary N) is 2. The summed E-state index contributed by atoms with van der Waals surface area (Å²) < 4.78 is 0. The van der Waals surface area contributed by atoms with Gasteiger partial charge >= 0.3 is 0 Å². The second-order valence-corrected chi connectivity index (χ2v) is 5.79. The number of benzene rings is 2. The molecule has 2 aromatic carbocycles. The number of amides is 1. The molecule has 4 nitrogen and oxygen atoms in total. The van der Waals surface area contributed by atoms with E-state index in [1.54, 1.807) is 36.5 Å². The quantitative estimate of drug-likeness (QED) is 0.658. The predicted molar refractivity (Wildman–Crippen MR) is 98.4 cm³/mol. The molecule has 1 aromatic heterocycles. The average molecular weight is 358 g/mol. The second-order valence-electron chi connectivity index (χ2n) is 4.97. The van der Waals surface area contributed by atoms with Gasteiger partial charge in [-0.25, -0.2) is 4.98 Å². The van der Waals surface area contributed by atoms with Crippen LogP contribution in [0.15, 0.2) is 66.9 Å². The fourth-order valence-electron chi connectivity index (χ4n) is 2.11. The van der Waals surface area contributed by atoms with Crippen LogP contribution in [-0.2, 0) is 0 Å². The topological polar surface area (TPSA) is 54.0 Å². The largest absolute Gasteiger partial charge is 0.340 e. The number of carbonyl (C=O) groups excluding carboxylic acids is 1. The van der Waals surface area contributed by atoms with Gasteiger partial charge < -0.3 is 10.6 Å². The van der Waals surface area contributed by atoms with Crippen molar-refractivity contribution in [3.05, 3.63) is 82.5 Å². The lowest BCUT2D eigenvalue weighted by Gasteiger charge is -2.10. The lowest BCUT2D eigenvalue weighted by molar-refractivity contribution is 0.102. The summed E-state index contributed by atoms with van der Waals surface area (Å²) in [7, 11) is 0. The van der Waals surface area contributed by atoms with Gasteiger partial charge in [-0.05, 0) is 36.4 Å². The molecule has 0 bridgehead atoms. The van der Waals surface area contributed by atoms with E-state index in [2.05, 4.69) is 15.6 Å². The van der Waals surface area contributed by atoms with Gasteiger partial charge in [0.25, 0.3) is 5.91 Å². The molecule has 0 spiro atoms. The number of hydrogen-bond donors (Lipinski definition) is 2. The Kier molecular flexibility index (Phi) is 4.99. The smallest absolute Gasteiger partial charge is 0.255 e. The van der Waals surface area contributed by atoms with Gasteiger partial charge in [-0.15, -0.1) is 0 Å². The number of nitrogens with zero attached hydrogens (tertiary/aromatic N) is 1. The summed E-state index contributed by atoms with van der Waals surface area (Å²) in [5.74, 6) is 0.252. The third-order valence-electron chi connectivity index (χ3n) is 3.27. The normalized spacial score (nSPS) is 10.2. The SMILES string of the molecule is O=C(Nc1c(Cl)cccc1Cl)c1ccnc(Nc2ccccc2)c1. The highest BCUT2D eigenvalue weighted by Crippen LogP contribution is 2.30. The van der Waals surface area contributed by atoms with E-state index >= 15 is 0 Å². The molecule has 0 fully saturated rings. The Hall–Kier alpha value is -2.56. The summed E-state index contributed by atoms with van der Waals surface area (Å²) in [5, 5.41) is 6.63. The number of aromatic nitrogens is 1. The molecule has 24 heavy (non-hydrogen) atoms. The molecule has 1 heterocycles. The number of anilines is 3. The van der Waals surface area contributed by atoms with Gasteiger partial charge in [-0.2, -0.15) is 0 Å². The molecular formula is C18H13Cl2N3O. The Morgan fingerprint density at radius 1 is 0.917 bits per heavy atom. The Bertz CT molecular complexity index is 849. The first-order valence-corrected chi connectivity index (χ1v) is 7.92. The van der Waals surface area contributed by atoms with Crippen molar-refractivity contribution in [2.75, 3.05) is 10.6 Å². The van der Waals surface area contributed by atoms with Crippen LogP contribution >= 0.6 is 23.2 Å². The van der Waals surface area contributed by atoms with E-state index in [1.165, 1.54) is 0 Å². The Morgan fingerprint density at radius 3 is 2.33 bits per heavy atom. The Labute approximate surface area is 149 Å². The summed E-state index contributed by atoms with van der Waals surface area (Å²) in [5.41, 5.74) is 1.72. The van der Waals surface area contributed by atoms with Crippen LogP contribution in [-0.4, -0.2) is 10.9 Å². The van der Waals surface area contributed by atoms with Crippen LogP contribution in [0.3, 0.4) is 0 Å². The molecule has 2 N–H and O–H groups in total. The predicted octanol–water partition coefficient (Wildman–Crippen LogP) is 5.38. The molecule has 0 radical (unpaired) electrons. The maximum Gasteiger partial charge on any atom is 0.255 e. The van der Waals surface area contributed by atoms with Gasteiger partial charge in [0.05, 0.1) is 15.7 Å². The highest BCUT2D eigenvalue weighted by atomic mass is 35.5. The fourth-order valence-corrected chi connectivity index (χ4v) is 2.60. The van der Waals surface area contributed by atoms with E-state index in [0.717, 1.165) is 5.69 Å². The molecule has 0 aliphatic heterocycles. The molecule has 3 rings (SSSR count). The number of halogens is 2. The van der Waals surface area contributed by atoms with Crippen molar-refractivity contribution in [2.45, 2.75) is 0 Å². The number of rotatable bonds is 4. The summed E-state index contributed by atoms with van der Waals surface area (Å²) in [6, 6.07) is 17.9. The highest BCUT2D eigenvalue weighted by Gasteiger charge is 2.12. The Balaban J connectivity index is 1.80. The minimum atomic E-state index is -0.316. The van der Waals surface area contributed by atoms with E-state index in [0.29, 0.717) is 27.1 Å². The van der Waals surface area contributed by atoms with Crippen LogP contribution in [0.25, 0.3) is 0 Å². The van der Waals surface area contributed by atoms with Crippen molar-refractivity contribution in [3.8, 4) is 0 Å². The molecule has 0 saturated heterocycles. The van der Waals surface area contributed by atoms with E-state index in [-0.39, 0.29) is 5.91 Å². The van der Waals surface area contributed by atoms with Crippen molar-refractivity contribution in [2.24, 2.45) is 0 Å². The second kappa shape index (κ2) is 7.34. The van der Waals surface area contributed by atoms with E-state index < -0.39 is 0 Å². The molecule has 0 aliphatic carbocycles. The summed E-state index contributed by atoms with van der Waals surface area (Å²) in [4.78, 5) is 16.7. The van der Waals surface area contributed by atoms with E-state index in [4.69, 9.17) is 23.2 Å². The first-order chi connectivity index (χ1) is 11.6. The Morgan fingerprint density at radius 2 is 1.62 bits per heavy atom. The molecule has 120 valence electrons. The zero-order chi connectivity index (χ0) is 16.9. The van der Waals surface area contributed by atoms with Crippen LogP contribution in [0.4, 0.5) is 17.2 Å². The zero-order valence-corrected chi connectivity index (χ0v) is 14.0. The molecule has 3 aromatic rings. The van der Waals surface area contributed by atoms with Crippen LogP contribution < -0.4 is 10.6 Å². The van der Waals surface area contributed by atoms with Gasteiger partial charge in [0.2, 0.25) is 0 Å². The number of carbonyl (C=O) groups is 1. The van der Waals surface area contributed by atoms with Gasteiger partial charge in [-0.3, -0.25) is 4.79 Å². The molecule has 0 aliphatic rings. The number of pyridine rings is 1. The van der Waals surface area contributed by atoms with Crippen molar-refractivity contribution < 1.29 is 4.79 Å². The van der Waals surface area contributed by atoms with Gasteiger partial charge in [-0.1, -0.05) is 47.5 Å². The van der Waals surface area contributed by atoms with Gasteiger partial charge in [0.1, 0.15) is 5.82 Å². The third kappa shape index (κ3) is 3.85. The van der Waals surface area contributed by atoms with Crippen LogP contribution in [0.2, 0.25) is 10.0 Å². The van der Waals surface area contributed by atoms with E-state index in [9.17, 15) is 4.79 Å². The highest BCUT2D eigenvalue weighted by molar-refractivity contribution is 6.40. The fraction of sp³-hybridized carbons (Fsp3) is 0. The van der Waals surface area contributed by atoms with Crippen molar-refractivity contribution in [1.29, 1.82) is 0 Å². The molecule has 0 saturated carbocycles. The molecule has 0 atom stereocenters.